The second kappa shape index (κ2) is 9.57. The molecule has 4 rings (SSSR count). The fourth-order valence-electron chi connectivity index (χ4n) is 3.32. The fraction of sp³-hybridized carbons (Fsp3) is 0.167. The predicted molar refractivity (Wildman–Crippen MR) is 122 cm³/mol. The third kappa shape index (κ3) is 4.92. The average Bonchev–Trinajstić information content (AvgIpc) is 3.19. The molecule has 1 atom stereocenters. The zero-order valence-corrected chi connectivity index (χ0v) is 18.2. The van der Waals surface area contributed by atoms with Gasteiger partial charge in [-0.1, -0.05) is 48.5 Å². The van der Waals surface area contributed by atoms with Crippen molar-refractivity contribution in [3.05, 3.63) is 105 Å². The van der Waals surface area contributed by atoms with Gasteiger partial charge in [0.05, 0.1) is 18.2 Å². The number of thiazole rings is 1. The first-order valence-corrected chi connectivity index (χ1v) is 10.9. The number of fused-ring (bicyclic) bond motifs is 1. The van der Waals surface area contributed by atoms with Crippen LogP contribution < -0.4 is 10.9 Å². The van der Waals surface area contributed by atoms with Crippen LogP contribution in [0.15, 0.2) is 76.9 Å². The van der Waals surface area contributed by atoms with E-state index in [0.29, 0.717) is 16.2 Å². The van der Waals surface area contributed by atoms with Crippen LogP contribution in [-0.4, -0.2) is 21.3 Å². The fourth-order valence-corrected chi connectivity index (χ4v) is 4.21. The Kier molecular flexibility index (Phi) is 6.42. The van der Waals surface area contributed by atoms with Crippen LogP contribution in [0.5, 0.6) is 0 Å². The van der Waals surface area contributed by atoms with E-state index in [1.165, 1.54) is 21.8 Å². The summed E-state index contributed by atoms with van der Waals surface area (Å²) in [4.78, 5) is 42.5. The molecule has 0 saturated carbocycles. The molecule has 2 aromatic carbocycles. The summed E-state index contributed by atoms with van der Waals surface area (Å²) in [6.07, 6.45) is -0.0536. The second-order valence-corrected chi connectivity index (χ2v) is 8.08. The van der Waals surface area contributed by atoms with E-state index in [0.717, 1.165) is 11.3 Å². The van der Waals surface area contributed by atoms with E-state index in [1.807, 2.05) is 48.7 Å². The van der Waals surface area contributed by atoms with Gasteiger partial charge >= 0.3 is 5.97 Å². The topological polar surface area (TPSA) is 89.8 Å². The average molecular weight is 448 g/mol. The summed E-state index contributed by atoms with van der Waals surface area (Å²) >= 11 is 1.35. The van der Waals surface area contributed by atoms with Gasteiger partial charge in [-0.15, -0.1) is 11.3 Å². The molecule has 1 amide bonds. The van der Waals surface area contributed by atoms with E-state index < -0.39 is 12.0 Å². The molecule has 0 radical (unpaired) electrons. The van der Waals surface area contributed by atoms with Gasteiger partial charge < -0.3 is 10.1 Å². The van der Waals surface area contributed by atoms with E-state index >= 15 is 0 Å². The number of aryl methyl sites for hydroxylation is 1. The molecule has 7 nitrogen and oxygen atoms in total. The lowest BCUT2D eigenvalue weighted by Gasteiger charge is -2.19. The Balaban J connectivity index is 1.45. The molecule has 0 fully saturated rings. The first-order chi connectivity index (χ1) is 15.5. The Morgan fingerprint density at radius 1 is 1.09 bits per heavy atom. The maximum Gasteiger partial charge on any atom is 0.308 e. The molecule has 32 heavy (non-hydrogen) atoms. The van der Waals surface area contributed by atoms with Crippen LogP contribution in [0.4, 0.5) is 0 Å². The van der Waals surface area contributed by atoms with Crippen LogP contribution in [0, 0.1) is 6.92 Å². The summed E-state index contributed by atoms with van der Waals surface area (Å²) in [5.41, 5.74) is 2.28. The van der Waals surface area contributed by atoms with Gasteiger partial charge in [-0.2, -0.15) is 0 Å². The summed E-state index contributed by atoms with van der Waals surface area (Å²) in [6, 6.07) is 18.9. The lowest BCUT2D eigenvalue weighted by molar-refractivity contribution is -0.145. The van der Waals surface area contributed by atoms with Crippen molar-refractivity contribution in [3.63, 3.8) is 0 Å². The van der Waals surface area contributed by atoms with Crippen molar-refractivity contribution >= 4 is 28.2 Å². The smallest absolute Gasteiger partial charge is 0.308 e. The van der Waals surface area contributed by atoms with Crippen molar-refractivity contribution in [2.75, 3.05) is 0 Å². The molecular formula is C24H21N3O4S. The molecule has 2 aromatic heterocycles. The van der Waals surface area contributed by atoms with Gasteiger partial charge in [-0.05, 0) is 24.6 Å². The Morgan fingerprint density at radius 3 is 2.50 bits per heavy atom. The molecule has 8 heteroatoms. The summed E-state index contributed by atoms with van der Waals surface area (Å²) in [5, 5.41) is 4.75. The molecule has 0 unspecified atom stereocenters. The summed E-state index contributed by atoms with van der Waals surface area (Å²) < 4.78 is 6.90. The van der Waals surface area contributed by atoms with Crippen molar-refractivity contribution in [2.24, 2.45) is 0 Å². The lowest BCUT2D eigenvalue weighted by atomic mass is 10.0. The molecular weight excluding hydrogens is 426 g/mol. The normalized spacial score (nSPS) is 11.8. The van der Waals surface area contributed by atoms with E-state index in [1.54, 1.807) is 24.3 Å². The predicted octanol–water partition coefficient (Wildman–Crippen LogP) is 3.67. The van der Waals surface area contributed by atoms with Crippen LogP contribution in [0.1, 0.15) is 39.8 Å². The quantitative estimate of drug-likeness (QED) is 0.437. The van der Waals surface area contributed by atoms with Crippen LogP contribution >= 0.6 is 11.3 Å². The molecule has 162 valence electrons. The largest absolute Gasteiger partial charge is 0.459 e. The molecule has 0 aliphatic heterocycles. The number of nitrogens with one attached hydrogen (secondary N) is 1. The minimum absolute atomic E-state index is 0.0536. The molecule has 0 aliphatic carbocycles. The first kappa shape index (κ1) is 21.5. The molecule has 0 bridgehead atoms. The van der Waals surface area contributed by atoms with Gasteiger partial charge in [0.25, 0.3) is 11.5 Å². The summed E-state index contributed by atoms with van der Waals surface area (Å²) in [6.45, 7) is 1.72. The molecule has 0 spiro atoms. The summed E-state index contributed by atoms with van der Waals surface area (Å²) in [7, 11) is 0. The van der Waals surface area contributed by atoms with Crippen molar-refractivity contribution in [1.29, 1.82) is 0 Å². The number of amides is 1. The van der Waals surface area contributed by atoms with E-state index in [9.17, 15) is 14.4 Å². The van der Waals surface area contributed by atoms with Crippen molar-refractivity contribution in [1.82, 2.24) is 14.7 Å². The zero-order chi connectivity index (χ0) is 22.5. The molecule has 2 heterocycles. The number of hydrogen-bond acceptors (Lipinski definition) is 6. The summed E-state index contributed by atoms with van der Waals surface area (Å²) in [5.74, 6) is -0.781. The highest BCUT2D eigenvalue weighted by atomic mass is 32.1. The van der Waals surface area contributed by atoms with Gasteiger partial charge in [-0.25, -0.2) is 4.98 Å². The maximum absolute atomic E-state index is 12.6. The number of hydrogen-bond donors (Lipinski definition) is 1. The monoisotopic (exact) mass is 447 g/mol. The van der Waals surface area contributed by atoms with Gasteiger partial charge in [0.2, 0.25) is 0 Å². The van der Waals surface area contributed by atoms with Crippen LogP contribution in [0.2, 0.25) is 0 Å². The van der Waals surface area contributed by atoms with Gasteiger partial charge in [-0.3, -0.25) is 18.8 Å². The van der Waals surface area contributed by atoms with Crippen LogP contribution in [-0.2, 0) is 16.1 Å². The van der Waals surface area contributed by atoms with E-state index in [4.69, 9.17) is 4.74 Å². The highest BCUT2D eigenvalue weighted by molar-refractivity contribution is 7.15. The van der Waals surface area contributed by atoms with Crippen molar-refractivity contribution < 1.29 is 14.3 Å². The zero-order valence-electron chi connectivity index (χ0n) is 17.4. The Labute approximate surface area is 188 Å². The number of carbonyl (C=O) groups excluding carboxylic acids is 2. The number of ether oxygens (including phenoxy) is 1. The standard InChI is InChI=1S/C24H21N3O4S/c1-16-15-32-24-25-19(12-21(28)27(16)24)14-31-22(29)13-20(17-8-4-2-5-9-17)26-23(30)18-10-6-3-7-11-18/h2-12,15,20H,13-14H2,1H3,(H,26,30)/t20-/m1/s1. The SMILES string of the molecule is Cc1csc2nc(COC(=O)C[C@@H](NC(=O)c3ccccc3)c3ccccc3)cc(=O)n12. The van der Waals surface area contributed by atoms with E-state index in [-0.39, 0.29) is 24.5 Å². The van der Waals surface area contributed by atoms with Crippen LogP contribution in [0.3, 0.4) is 0 Å². The number of carbonyl (C=O) groups is 2. The maximum atomic E-state index is 12.6. The van der Waals surface area contributed by atoms with Crippen LogP contribution in [0.25, 0.3) is 4.96 Å². The van der Waals surface area contributed by atoms with Gasteiger partial charge in [0.1, 0.15) is 6.61 Å². The number of rotatable bonds is 7. The lowest BCUT2D eigenvalue weighted by Crippen LogP contribution is -2.30. The number of esters is 1. The highest BCUT2D eigenvalue weighted by Gasteiger charge is 2.20. The van der Waals surface area contributed by atoms with Gasteiger partial charge in [0, 0.05) is 22.7 Å². The minimum Gasteiger partial charge on any atom is -0.459 e. The number of benzene rings is 2. The molecule has 4 aromatic rings. The van der Waals surface area contributed by atoms with E-state index in [2.05, 4.69) is 10.3 Å². The first-order valence-electron chi connectivity index (χ1n) is 10.0. The van der Waals surface area contributed by atoms with Gasteiger partial charge in [0.15, 0.2) is 4.96 Å². The molecule has 0 saturated heterocycles. The van der Waals surface area contributed by atoms with Crippen molar-refractivity contribution in [2.45, 2.75) is 26.0 Å². The minimum atomic E-state index is -0.558. The Bertz CT molecular complexity index is 1300. The number of aromatic nitrogens is 2. The highest BCUT2D eigenvalue weighted by Crippen LogP contribution is 2.19. The Morgan fingerprint density at radius 2 is 1.78 bits per heavy atom. The third-order valence-electron chi connectivity index (χ3n) is 4.92. The Hall–Kier alpha value is -3.78. The van der Waals surface area contributed by atoms with Crippen molar-refractivity contribution in [3.8, 4) is 0 Å². The third-order valence-corrected chi connectivity index (χ3v) is 5.87. The molecule has 0 aliphatic rings. The number of nitrogens with zero attached hydrogens (tertiary/aromatic N) is 2. The molecule has 1 N–H and O–H groups in total. The second-order valence-electron chi connectivity index (χ2n) is 7.25.